The van der Waals surface area contributed by atoms with E-state index in [1.807, 2.05) is 18.5 Å². The monoisotopic (exact) mass is 835 g/mol. The summed E-state index contributed by atoms with van der Waals surface area (Å²) in [4.78, 5) is 56.4. The molecule has 4 aliphatic rings. The Morgan fingerprint density at radius 3 is 2.67 bits per heavy atom. The lowest BCUT2D eigenvalue weighted by molar-refractivity contribution is -0.155. The molecule has 0 unspecified atom stereocenters. The maximum Gasteiger partial charge on any atom is 0.324 e. The van der Waals surface area contributed by atoms with Crippen molar-refractivity contribution in [3.63, 3.8) is 0 Å². The average Bonchev–Trinajstić information content (AvgIpc) is 3.83. The number of ether oxygens (including phenoxy) is 2. The van der Waals surface area contributed by atoms with Gasteiger partial charge in [-0.3, -0.25) is 24.4 Å². The SMILES string of the molecule is CCn1c(-c2cc(N3CCN(C)CC3)cnc2[C@H](C)OC)c2c3cc(ccc31)-c1csc(n1)C[C@H](NC(=O)[C@@H]1CC[C@H]1C#N)C(=O)N1CCC[C@H](N1)C(=O)OCC(C)(C)C2. The van der Waals surface area contributed by atoms with Crippen molar-refractivity contribution in [1.82, 2.24) is 35.2 Å². The van der Waals surface area contributed by atoms with Crippen molar-refractivity contribution in [1.29, 1.82) is 5.26 Å². The minimum atomic E-state index is -0.939. The Labute approximate surface area is 356 Å². The summed E-state index contributed by atoms with van der Waals surface area (Å²) in [5.74, 6) is -1.89. The molecule has 1 aromatic carbocycles. The van der Waals surface area contributed by atoms with E-state index in [1.54, 1.807) is 7.11 Å². The van der Waals surface area contributed by atoms with Crippen molar-refractivity contribution < 1.29 is 23.9 Å². The molecule has 3 aliphatic heterocycles. The molecule has 15 heteroatoms. The number of methoxy groups -OCH3 is 1. The molecule has 1 aliphatic carbocycles. The first-order valence-corrected chi connectivity index (χ1v) is 22.3. The number of nitrogens with one attached hydrogen (secondary N) is 2. The van der Waals surface area contributed by atoms with Gasteiger partial charge < -0.3 is 29.2 Å². The quantitative estimate of drug-likeness (QED) is 0.227. The van der Waals surface area contributed by atoms with Gasteiger partial charge in [0.2, 0.25) is 5.91 Å². The predicted molar refractivity (Wildman–Crippen MR) is 231 cm³/mol. The third kappa shape index (κ3) is 8.27. The lowest BCUT2D eigenvalue weighted by Crippen LogP contribution is -2.61. The van der Waals surface area contributed by atoms with Gasteiger partial charge in [0.25, 0.3) is 5.91 Å². The Hall–Kier alpha value is -4.88. The summed E-state index contributed by atoms with van der Waals surface area (Å²) in [5, 5.41) is 17.8. The Morgan fingerprint density at radius 2 is 1.95 bits per heavy atom. The maximum atomic E-state index is 14.2. The zero-order chi connectivity index (χ0) is 42.3. The van der Waals surface area contributed by atoms with Crippen molar-refractivity contribution in [3.05, 3.63) is 52.1 Å². The van der Waals surface area contributed by atoms with Crippen LogP contribution in [0.2, 0.25) is 0 Å². The minimum Gasteiger partial charge on any atom is -0.464 e. The van der Waals surface area contributed by atoms with Crippen molar-refractivity contribution in [3.8, 4) is 28.6 Å². The highest BCUT2D eigenvalue weighted by Gasteiger charge is 2.40. The lowest BCUT2D eigenvalue weighted by atomic mass is 9.74. The number of nitriles is 1. The summed E-state index contributed by atoms with van der Waals surface area (Å²) < 4.78 is 14.5. The number of anilines is 1. The molecule has 6 bridgehead atoms. The number of hydrazine groups is 1. The number of carbonyl (C=O) groups excluding carboxylic acids is 3. The molecule has 14 nitrogen and oxygen atoms in total. The molecule has 0 radical (unpaired) electrons. The third-order valence-electron chi connectivity index (χ3n) is 12.9. The number of aryl methyl sites for hydroxylation is 1. The van der Waals surface area contributed by atoms with Crippen LogP contribution in [0.15, 0.2) is 35.8 Å². The Morgan fingerprint density at radius 1 is 1.15 bits per heavy atom. The first-order chi connectivity index (χ1) is 28.9. The highest BCUT2D eigenvalue weighted by atomic mass is 32.1. The van der Waals surface area contributed by atoms with E-state index >= 15 is 0 Å². The number of esters is 1. The van der Waals surface area contributed by atoms with Crippen LogP contribution in [-0.4, -0.2) is 108 Å². The zero-order valence-electron chi connectivity index (χ0n) is 35.6. The van der Waals surface area contributed by atoms with Gasteiger partial charge in [-0.15, -0.1) is 11.3 Å². The summed E-state index contributed by atoms with van der Waals surface area (Å²) in [6.45, 7) is 13.5. The van der Waals surface area contributed by atoms with Crippen LogP contribution in [0.3, 0.4) is 0 Å². The van der Waals surface area contributed by atoms with Crippen LogP contribution in [0.25, 0.3) is 33.4 Å². The standard InChI is InChI=1S/C45H57N9O5S/c1-7-53-38-13-11-28-19-32(38)34(41(53)33-20-30(24-47-40(33)27(2)58-6)52-17-15-51(5)16-18-52)22-45(3,4)26-59-44(57)35-9-8-14-54(50-35)43(56)36(21-39-48-37(28)25-60-39)49-42(55)31-12-10-29(31)23-46/h11,13,19-20,24-25,27,29,31,35-36,50H,7-10,12,14-18,21-22,26H2,1-6H3,(H,49,55)/t27-,29-,31+,35-,36-/m0/s1. The smallest absolute Gasteiger partial charge is 0.324 e. The number of benzene rings is 1. The molecular weight excluding hydrogens is 779 g/mol. The van der Waals surface area contributed by atoms with Crippen molar-refractivity contribution in [2.75, 3.05) is 58.4 Å². The molecule has 3 aromatic heterocycles. The fraction of sp³-hybridized carbons (Fsp3) is 0.556. The number of carbonyl (C=O) groups is 3. The highest BCUT2D eigenvalue weighted by Crippen LogP contribution is 2.43. The Kier molecular flexibility index (Phi) is 12.0. The first kappa shape index (κ1) is 41.8. The number of fused-ring (bicyclic) bond motifs is 6. The zero-order valence-corrected chi connectivity index (χ0v) is 36.4. The number of pyridine rings is 1. The Bertz CT molecular complexity index is 2310. The fourth-order valence-electron chi connectivity index (χ4n) is 9.08. The van der Waals surface area contributed by atoms with Crippen LogP contribution < -0.4 is 15.6 Å². The summed E-state index contributed by atoms with van der Waals surface area (Å²) in [6.07, 6.45) is 4.86. The Balaban J connectivity index is 1.25. The molecule has 2 amide bonds. The van der Waals surface area contributed by atoms with E-state index in [1.165, 1.54) is 16.3 Å². The number of piperazine rings is 1. The van der Waals surface area contributed by atoms with Gasteiger partial charge in [-0.25, -0.2) is 10.4 Å². The summed E-state index contributed by atoms with van der Waals surface area (Å²) >= 11 is 1.45. The molecule has 4 aromatic rings. The van der Waals surface area contributed by atoms with E-state index in [2.05, 4.69) is 83.3 Å². The largest absolute Gasteiger partial charge is 0.464 e. The number of hydrogen-bond donors (Lipinski definition) is 2. The fourth-order valence-corrected chi connectivity index (χ4v) is 9.94. The average molecular weight is 836 g/mol. The minimum absolute atomic E-state index is 0.159. The number of nitrogens with zero attached hydrogens (tertiary/aromatic N) is 7. The van der Waals surface area contributed by atoms with Gasteiger partial charge >= 0.3 is 5.97 Å². The van der Waals surface area contributed by atoms with E-state index in [-0.39, 0.29) is 36.9 Å². The normalized spacial score (nSPS) is 24.3. The van der Waals surface area contributed by atoms with Crippen molar-refractivity contribution in [2.24, 2.45) is 17.3 Å². The van der Waals surface area contributed by atoms with Crippen LogP contribution >= 0.6 is 11.3 Å². The molecule has 2 saturated heterocycles. The van der Waals surface area contributed by atoms with Crippen LogP contribution in [0.5, 0.6) is 0 Å². The maximum absolute atomic E-state index is 14.2. The third-order valence-corrected chi connectivity index (χ3v) is 13.7. The number of cyclic esters (lactones) is 1. The second kappa shape index (κ2) is 17.2. The van der Waals surface area contributed by atoms with Gasteiger partial charge in [-0.05, 0) is 76.8 Å². The number of aromatic nitrogens is 3. The van der Waals surface area contributed by atoms with Crippen LogP contribution in [0, 0.1) is 28.6 Å². The molecule has 3 fully saturated rings. The van der Waals surface area contributed by atoms with Gasteiger partial charge in [0, 0.05) is 85.6 Å². The van der Waals surface area contributed by atoms with Crippen LogP contribution in [-0.2, 0) is 43.2 Å². The van der Waals surface area contributed by atoms with E-state index in [0.717, 1.165) is 76.5 Å². The number of hydrogen-bond acceptors (Lipinski definition) is 12. The lowest BCUT2D eigenvalue weighted by Gasteiger charge is -2.36. The van der Waals surface area contributed by atoms with Crippen LogP contribution in [0.4, 0.5) is 5.69 Å². The molecule has 6 heterocycles. The molecule has 2 N–H and O–H groups in total. The molecule has 0 spiro atoms. The first-order valence-electron chi connectivity index (χ1n) is 21.4. The van der Waals surface area contributed by atoms with E-state index in [4.69, 9.17) is 19.4 Å². The molecule has 1 saturated carbocycles. The second-order valence-corrected chi connectivity index (χ2v) is 18.6. The van der Waals surface area contributed by atoms with E-state index in [0.29, 0.717) is 50.2 Å². The number of amides is 2. The summed E-state index contributed by atoms with van der Waals surface area (Å²) in [5.41, 5.74) is 10.6. The molecule has 8 rings (SSSR count). The second-order valence-electron chi connectivity index (χ2n) is 17.7. The topological polar surface area (TPSA) is 158 Å². The number of thiazole rings is 1. The molecule has 5 atom stereocenters. The van der Waals surface area contributed by atoms with Gasteiger partial charge in [-0.1, -0.05) is 19.9 Å². The molecule has 318 valence electrons. The number of rotatable bonds is 7. The van der Waals surface area contributed by atoms with Crippen molar-refractivity contribution in [2.45, 2.75) is 91.0 Å². The molecular formula is C45H57N9O5S. The summed E-state index contributed by atoms with van der Waals surface area (Å²) in [7, 11) is 3.88. The van der Waals surface area contributed by atoms with Gasteiger partial charge in [-0.2, -0.15) is 5.26 Å². The van der Waals surface area contributed by atoms with Gasteiger partial charge in [0.1, 0.15) is 12.1 Å². The number of likely N-dealkylation sites (N-methyl/N-ethyl adjacent to an activating group) is 1. The van der Waals surface area contributed by atoms with Gasteiger partial charge in [0.05, 0.1) is 64.6 Å². The predicted octanol–water partition coefficient (Wildman–Crippen LogP) is 5.50. The van der Waals surface area contributed by atoms with Crippen molar-refractivity contribution >= 4 is 45.7 Å². The molecule has 60 heavy (non-hydrogen) atoms. The van der Waals surface area contributed by atoms with Gasteiger partial charge in [0.15, 0.2) is 0 Å². The summed E-state index contributed by atoms with van der Waals surface area (Å²) in [6, 6.07) is 9.33. The van der Waals surface area contributed by atoms with E-state index in [9.17, 15) is 19.6 Å². The van der Waals surface area contributed by atoms with Crippen LogP contribution in [0.1, 0.15) is 75.7 Å². The highest BCUT2D eigenvalue weighted by molar-refractivity contribution is 7.10. The van der Waals surface area contributed by atoms with E-state index < -0.39 is 29.4 Å².